The first-order valence-corrected chi connectivity index (χ1v) is 6.91. The zero-order valence-electron chi connectivity index (χ0n) is 11.9. The van der Waals surface area contributed by atoms with E-state index >= 15 is 0 Å². The highest BCUT2D eigenvalue weighted by molar-refractivity contribution is 5.69. The highest BCUT2D eigenvalue weighted by Crippen LogP contribution is 2.26. The Hall–Kier alpha value is -0.790. The molecule has 0 aliphatic rings. The maximum absolute atomic E-state index is 11.4. The van der Waals surface area contributed by atoms with Crippen LogP contribution in [0.1, 0.15) is 65.7 Å². The van der Waals surface area contributed by atoms with Gasteiger partial charge in [0.2, 0.25) is 0 Å². The lowest BCUT2D eigenvalue weighted by atomic mass is 9.87. The molecule has 0 rings (SSSR count). The second-order valence-electron chi connectivity index (χ2n) is 4.59. The molecule has 0 heterocycles. The minimum absolute atomic E-state index is 0.0849. The van der Waals surface area contributed by atoms with Crippen LogP contribution in [0, 0.1) is 5.92 Å². The Balaban J connectivity index is 4.36. The molecule has 0 aromatic rings. The summed E-state index contributed by atoms with van der Waals surface area (Å²) in [5.41, 5.74) is 1.44. The second-order valence-corrected chi connectivity index (χ2v) is 4.59. The van der Waals surface area contributed by atoms with E-state index in [9.17, 15) is 4.79 Å². The fraction of sp³-hybridized carbons (Fsp3) is 0.800. The fourth-order valence-electron chi connectivity index (χ4n) is 2.21. The average molecular weight is 240 g/mol. The lowest BCUT2D eigenvalue weighted by molar-refractivity contribution is -0.141. The van der Waals surface area contributed by atoms with Gasteiger partial charge >= 0.3 is 5.97 Å². The third-order valence-corrected chi connectivity index (χ3v) is 3.24. The van der Waals surface area contributed by atoms with Crippen LogP contribution in [0.2, 0.25) is 0 Å². The lowest BCUT2D eigenvalue weighted by Gasteiger charge is -2.19. The van der Waals surface area contributed by atoms with E-state index in [0.717, 1.165) is 19.3 Å². The van der Waals surface area contributed by atoms with Crippen molar-refractivity contribution >= 4 is 5.97 Å². The Morgan fingerprint density at radius 1 is 1.24 bits per heavy atom. The highest BCUT2D eigenvalue weighted by atomic mass is 16.5. The minimum atomic E-state index is -0.0849. The number of hydrogen-bond donors (Lipinski definition) is 0. The number of esters is 1. The van der Waals surface area contributed by atoms with Crippen molar-refractivity contribution in [2.75, 3.05) is 7.11 Å². The Bertz CT molecular complexity index is 231. The molecule has 0 amide bonds. The van der Waals surface area contributed by atoms with Crippen molar-refractivity contribution in [2.45, 2.75) is 65.7 Å². The van der Waals surface area contributed by atoms with Crippen molar-refractivity contribution in [1.82, 2.24) is 0 Å². The molecule has 1 unspecified atom stereocenters. The zero-order valence-corrected chi connectivity index (χ0v) is 11.9. The van der Waals surface area contributed by atoms with Gasteiger partial charge in [0.25, 0.3) is 0 Å². The maximum atomic E-state index is 11.4. The van der Waals surface area contributed by atoms with Crippen LogP contribution in [-0.4, -0.2) is 13.1 Å². The molecule has 0 aliphatic carbocycles. The number of unbranched alkanes of at least 4 members (excludes halogenated alkanes) is 2. The Labute approximate surface area is 106 Å². The summed E-state index contributed by atoms with van der Waals surface area (Å²) in [6, 6.07) is 0. The van der Waals surface area contributed by atoms with E-state index in [1.54, 1.807) is 0 Å². The van der Waals surface area contributed by atoms with Crippen LogP contribution in [0.15, 0.2) is 11.6 Å². The summed E-state index contributed by atoms with van der Waals surface area (Å²) in [5.74, 6) is 0.299. The lowest BCUT2D eigenvalue weighted by Crippen LogP contribution is -2.12. The molecule has 1 atom stereocenters. The van der Waals surface area contributed by atoms with E-state index in [-0.39, 0.29) is 5.97 Å². The summed E-state index contributed by atoms with van der Waals surface area (Å²) in [6.07, 6.45) is 9.81. The third-order valence-electron chi connectivity index (χ3n) is 3.24. The monoisotopic (exact) mass is 240 g/mol. The number of carbonyl (C=O) groups is 1. The van der Waals surface area contributed by atoms with Gasteiger partial charge in [-0.2, -0.15) is 0 Å². The predicted octanol–water partition coefficient (Wildman–Crippen LogP) is 4.49. The first-order valence-electron chi connectivity index (χ1n) is 6.91. The van der Waals surface area contributed by atoms with E-state index in [0.29, 0.717) is 12.3 Å². The average Bonchev–Trinajstić information content (AvgIpc) is 2.34. The normalized spacial score (nSPS) is 13.5. The van der Waals surface area contributed by atoms with Crippen LogP contribution in [0.5, 0.6) is 0 Å². The standard InChI is InChI=1S/C15H28O2/c1-5-8-9-11-13(7-3)14(10-6-2)12-15(16)17-4/h7,14H,5-6,8-12H2,1-4H3/b13-7+. The van der Waals surface area contributed by atoms with Gasteiger partial charge in [-0.25, -0.2) is 0 Å². The SMILES string of the molecule is C/C=C(\CCCCC)C(CCC)CC(=O)OC. The van der Waals surface area contributed by atoms with Gasteiger partial charge in [0, 0.05) is 0 Å². The van der Waals surface area contributed by atoms with Crippen molar-refractivity contribution in [1.29, 1.82) is 0 Å². The summed E-state index contributed by atoms with van der Waals surface area (Å²) in [5, 5.41) is 0. The van der Waals surface area contributed by atoms with Gasteiger partial charge in [-0.05, 0) is 32.1 Å². The van der Waals surface area contributed by atoms with Crippen molar-refractivity contribution in [3.8, 4) is 0 Å². The minimum Gasteiger partial charge on any atom is -0.469 e. The van der Waals surface area contributed by atoms with E-state index in [4.69, 9.17) is 4.74 Å². The van der Waals surface area contributed by atoms with Gasteiger partial charge in [0.1, 0.15) is 0 Å². The molecule has 0 aromatic heterocycles. The van der Waals surface area contributed by atoms with Gasteiger partial charge in [0.05, 0.1) is 13.5 Å². The largest absolute Gasteiger partial charge is 0.469 e. The molecule has 0 aromatic carbocycles. The summed E-state index contributed by atoms with van der Waals surface area (Å²) in [6.45, 7) is 6.47. The summed E-state index contributed by atoms with van der Waals surface area (Å²) >= 11 is 0. The Kier molecular flexibility index (Phi) is 9.89. The second kappa shape index (κ2) is 10.4. The number of carbonyl (C=O) groups excluding carboxylic acids is 1. The molecule has 0 aliphatic heterocycles. The van der Waals surface area contributed by atoms with E-state index < -0.39 is 0 Å². The highest BCUT2D eigenvalue weighted by Gasteiger charge is 2.17. The van der Waals surface area contributed by atoms with Gasteiger partial charge in [-0.3, -0.25) is 4.79 Å². The molecule has 0 radical (unpaired) electrons. The molecule has 17 heavy (non-hydrogen) atoms. The van der Waals surface area contributed by atoms with E-state index in [1.165, 1.54) is 31.9 Å². The number of hydrogen-bond acceptors (Lipinski definition) is 2. The van der Waals surface area contributed by atoms with Crippen LogP contribution in [0.25, 0.3) is 0 Å². The summed E-state index contributed by atoms with van der Waals surface area (Å²) < 4.78 is 4.78. The predicted molar refractivity (Wildman–Crippen MR) is 72.9 cm³/mol. The van der Waals surface area contributed by atoms with E-state index in [2.05, 4.69) is 26.8 Å². The van der Waals surface area contributed by atoms with Crippen LogP contribution in [-0.2, 0) is 9.53 Å². The van der Waals surface area contributed by atoms with Crippen LogP contribution >= 0.6 is 0 Å². The first kappa shape index (κ1) is 16.2. The molecule has 2 heteroatoms. The molecule has 0 saturated carbocycles. The van der Waals surface area contributed by atoms with Crippen LogP contribution in [0.4, 0.5) is 0 Å². The maximum Gasteiger partial charge on any atom is 0.306 e. The third kappa shape index (κ3) is 7.19. The summed E-state index contributed by atoms with van der Waals surface area (Å²) in [4.78, 5) is 11.4. The van der Waals surface area contributed by atoms with Crippen molar-refractivity contribution in [2.24, 2.45) is 5.92 Å². The van der Waals surface area contributed by atoms with E-state index in [1.807, 2.05) is 0 Å². The molecule has 0 spiro atoms. The van der Waals surface area contributed by atoms with Gasteiger partial charge < -0.3 is 4.74 Å². The molecular weight excluding hydrogens is 212 g/mol. The van der Waals surface area contributed by atoms with Crippen molar-refractivity contribution in [3.05, 3.63) is 11.6 Å². The fourth-order valence-corrected chi connectivity index (χ4v) is 2.21. The molecule has 2 nitrogen and oxygen atoms in total. The number of allylic oxidation sites excluding steroid dienone is 2. The van der Waals surface area contributed by atoms with Crippen molar-refractivity contribution < 1.29 is 9.53 Å². The summed E-state index contributed by atoms with van der Waals surface area (Å²) in [7, 11) is 1.47. The van der Waals surface area contributed by atoms with Gasteiger partial charge in [-0.15, -0.1) is 0 Å². The van der Waals surface area contributed by atoms with Gasteiger partial charge in [-0.1, -0.05) is 44.8 Å². The van der Waals surface area contributed by atoms with Crippen molar-refractivity contribution in [3.63, 3.8) is 0 Å². The van der Waals surface area contributed by atoms with Crippen LogP contribution in [0.3, 0.4) is 0 Å². The van der Waals surface area contributed by atoms with Gasteiger partial charge in [0.15, 0.2) is 0 Å². The molecule has 0 fully saturated rings. The van der Waals surface area contributed by atoms with Crippen LogP contribution < -0.4 is 0 Å². The number of rotatable bonds is 9. The first-order chi connectivity index (χ1) is 8.19. The quantitative estimate of drug-likeness (QED) is 0.337. The number of methoxy groups -OCH3 is 1. The molecule has 0 saturated heterocycles. The molecule has 100 valence electrons. The Morgan fingerprint density at radius 2 is 1.94 bits per heavy atom. The topological polar surface area (TPSA) is 26.3 Å². The molecular formula is C15H28O2. The number of ether oxygens (including phenoxy) is 1. The smallest absolute Gasteiger partial charge is 0.306 e. The molecule has 0 bridgehead atoms. The molecule has 0 N–H and O–H groups in total. The zero-order chi connectivity index (χ0) is 13.1. The Morgan fingerprint density at radius 3 is 2.41 bits per heavy atom.